The number of hydrogen-bond donors (Lipinski definition) is 1. The van der Waals surface area contributed by atoms with Gasteiger partial charge in [0.1, 0.15) is 5.75 Å². The van der Waals surface area contributed by atoms with E-state index in [0.717, 1.165) is 25.3 Å². The quantitative estimate of drug-likeness (QED) is 0.869. The molecule has 1 aliphatic rings. The molecule has 0 saturated carbocycles. The lowest BCUT2D eigenvalue weighted by Gasteiger charge is -2.38. The molecule has 0 aromatic heterocycles. The summed E-state index contributed by atoms with van der Waals surface area (Å²) in [5.74, 6) is 0.973. The first-order valence-corrected chi connectivity index (χ1v) is 6.65. The fraction of sp³-hybridized carbons (Fsp3) is 0.600. The van der Waals surface area contributed by atoms with E-state index >= 15 is 0 Å². The molecule has 1 saturated heterocycles. The van der Waals surface area contributed by atoms with Crippen LogP contribution in [0.15, 0.2) is 24.3 Å². The second-order valence-corrected chi connectivity index (χ2v) is 5.09. The van der Waals surface area contributed by atoms with Crippen LogP contribution in [0.3, 0.4) is 0 Å². The molecule has 2 rings (SSSR count). The molecule has 18 heavy (non-hydrogen) atoms. The minimum absolute atomic E-state index is 0.0711. The van der Waals surface area contributed by atoms with E-state index in [1.54, 1.807) is 14.2 Å². The smallest absolute Gasteiger partial charge is 0.122 e. The van der Waals surface area contributed by atoms with Gasteiger partial charge in [-0.25, -0.2) is 0 Å². The van der Waals surface area contributed by atoms with Crippen LogP contribution in [0.1, 0.15) is 24.8 Å². The Bertz CT molecular complexity index is 367. The summed E-state index contributed by atoms with van der Waals surface area (Å²) in [5.41, 5.74) is 1.33. The molecule has 1 aromatic carbocycles. The van der Waals surface area contributed by atoms with Crippen molar-refractivity contribution in [2.24, 2.45) is 0 Å². The molecule has 0 spiro atoms. The SMILES string of the molecule is COCC1(Cc2ccccc2OC)CCCCN1. The molecule has 1 atom stereocenters. The average molecular weight is 249 g/mol. The van der Waals surface area contributed by atoms with Crippen molar-refractivity contribution in [2.45, 2.75) is 31.2 Å². The number of ether oxygens (including phenoxy) is 2. The molecule has 1 aliphatic heterocycles. The van der Waals surface area contributed by atoms with Crippen molar-refractivity contribution in [1.29, 1.82) is 0 Å². The van der Waals surface area contributed by atoms with E-state index < -0.39 is 0 Å². The van der Waals surface area contributed by atoms with Crippen LogP contribution >= 0.6 is 0 Å². The molecule has 0 bridgehead atoms. The van der Waals surface area contributed by atoms with E-state index in [0.29, 0.717) is 0 Å². The first kappa shape index (κ1) is 13.4. The van der Waals surface area contributed by atoms with Crippen molar-refractivity contribution in [3.8, 4) is 5.75 Å². The van der Waals surface area contributed by atoms with E-state index in [1.807, 2.05) is 12.1 Å². The van der Waals surface area contributed by atoms with Gasteiger partial charge in [0, 0.05) is 12.6 Å². The average Bonchev–Trinajstić information content (AvgIpc) is 2.40. The van der Waals surface area contributed by atoms with Crippen molar-refractivity contribution < 1.29 is 9.47 Å². The highest BCUT2D eigenvalue weighted by Gasteiger charge is 2.32. The van der Waals surface area contributed by atoms with Gasteiger partial charge in [0.2, 0.25) is 0 Å². The summed E-state index contributed by atoms with van der Waals surface area (Å²) in [6.07, 6.45) is 4.66. The normalized spacial score (nSPS) is 23.9. The van der Waals surface area contributed by atoms with Crippen molar-refractivity contribution >= 4 is 0 Å². The number of benzene rings is 1. The van der Waals surface area contributed by atoms with Crippen molar-refractivity contribution in [2.75, 3.05) is 27.4 Å². The van der Waals surface area contributed by atoms with E-state index in [9.17, 15) is 0 Å². The number of nitrogens with one attached hydrogen (secondary N) is 1. The first-order chi connectivity index (χ1) is 8.79. The highest BCUT2D eigenvalue weighted by molar-refractivity contribution is 5.34. The largest absolute Gasteiger partial charge is 0.496 e. The lowest BCUT2D eigenvalue weighted by Crippen LogP contribution is -2.53. The zero-order chi connectivity index (χ0) is 12.8. The Kier molecular flexibility index (Phi) is 4.61. The third-order valence-corrected chi connectivity index (χ3v) is 3.72. The van der Waals surface area contributed by atoms with Crippen LogP contribution in [0, 0.1) is 0 Å². The van der Waals surface area contributed by atoms with Gasteiger partial charge in [0.25, 0.3) is 0 Å². The highest BCUT2D eigenvalue weighted by atomic mass is 16.5. The molecule has 1 N–H and O–H groups in total. The fourth-order valence-electron chi connectivity index (χ4n) is 2.85. The number of rotatable bonds is 5. The zero-order valence-corrected chi connectivity index (χ0v) is 11.4. The van der Waals surface area contributed by atoms with E-state index in [-0.39, 0.29) is 5.54 Å². The summed E-state index contributed by atoms with van der Waals surface area (Å²) < 4.78 is 10.9. The van der Waals surface area contributed by atoms with E-state index in [2.05, 4.69) is 17.4 Å². The van der Waals surface area contributed by atoms with Gasteiger partial charge in [-0.2, -0.15) is 0 Å². The van der Waals surface area contributed by atoms with Crippen molar-refractivity contribution in [3.05, 3.63) is 29.8 Å². The monoisotopic (exact) mass is 249 g/mol. The number of para-hydroxylation sites is 1. The molecule has 0 radical (unpaired) electrons. The van der Waals surface area contributed by atoms with Gasteiger partial charge in [-0.3, -0.25) is 0 Å². The maximum atomic E-state index is 5.44. The summed E-state index contributed by atoms with van der Waals surface area (Å²) in [6.45, 7) is 1.84. The fourth-order valence-corrected chi connectivity index (χ4v) is 2.85. The molecule has 3 heteroatoms. The maximum absolute atomic E-state index is 5.44. The first-order valence-electron chi connectivity index (χ1n) is 6.65. The zero-order valence-electron chi connectivity index (χ0n) is 11.4. The van der Waals surface area contributed by atoms with Crippen LogP contribution < -0.4 is 10.1 Å². The van der Waals surface area contributed by atoms with E-state index in [1.165, 1.54) is 24.8 Å². The van der Waals surface area contributed by atoms with Crippen molar-refractivity contribution in [1.82, 2.24) is 5.32 Å². The minimum atomic E-state index is 0.0711. The third kappa shape index (κ3) is 3.03. The number of methoxy groups -OCH3 is 2. The van der Waals surface area contributed by atoms with Crippen molar-refractivity contribution in [3.63, 3.8) is 0 Å². The van der Waals surface area contributed by atoms with Crippen LogP contribution in [0.4, 0.5) is 0 Å². The molecular weight excluding hydrogens is 226 g/mol. The Hall–Kier alpha value is -1.06. The molecule has 1 unspecified atom stereocenters. The summed E-state index contributed by atoms with van der Waals surface area (Å²) in [7, 11) is 3.51. The predicted octanol–water partition coefficient (Wildman–Crippen LogP) is 2.40. The van der Waals surface area contributed by atoms with Crippen LogP contribution in [0.25, 0.3) is 0 Å². The van der Waals surface area contributed by atoms with Gasteiger partial charge in [-0.15, -0.1) is 0 Å². The topological polar surface area (TPSA) is 30.5 Å². The molecule has 0 aliphatic carbocycles. The number of hydrogen-bond acceptors (Lipinski definition) is 3. The Balaban J connectivity index is 2.17. The van der Waals surface area contributed by atoms with Gasteiger partial charge in [-0.05, 0) is 37.4 Å². The second kappa shape index (κ2) is 6.21. The second-order valence-electron chi connectivity index (χ2n) is 5.09. The molecule has 1 heterocycles. The summed E-state index contributed by atoms with van der Waals surface area (Å²) >= 11 is 0. The maximum Gasteiger partial charge on any atom is 0.122 e. The van der Waals surface area contributed by atoms with Gasteiger partial charge < -0.3 is 14.8 Å². The van der Waals surface area contributed by atoms with Gasteiger partial charge >= 0.3 is 0 Å². The van der Waals surface area contributed by atoms with Gasteiger partial charge in [0.15, 0.2) is 0 Å². The Morgan fingerprint density at radius 2 is 2.06 bits per heavy atom. The van der Waals surface area contributed by atoms with Crippen LogP contribution in [-0.2, 0) is 11.2 Å². The Morgan fingerprint density at radius 3 is 2.72 bits per heavy atom. The lowest BCUT2D eigenvalue weighted by atomic mass is 9.83. The minimum Gasteiger partial charge on any atom is -0.496 e. The highest BCUT2D eigenvalue weighted by Crippen LogP contribution is 2.28. The summed E-state index contributed by atoms with van der Waals surface area (Å²) in [6, 6.07) is 8.26. The Morgan fingerprint density at radius 1 is 1.22 bits per heavy atom. The summed E-state index contributed by atoms with van der Waals surface area (Å²) in [5, 5.41) is 3.65. The number of piperidine rings is 1. The molecule has 1 aromatic rings. The molecule has 1 fully saturated rings. The van der Waals surface area contributed by atoms with Crippen LogP contribution in [0.2, 0.25) is 0 Å². The predicted molar refractivity (Wildman–Crippen MR) is 73.2 cm³/mol. The van der Waals surface area contributed by atoms with Gasteiger partial charge in [-0.1, -0.05) is 24.6 Å². The third-order valence-electron chi connectivity index (χ3n) is 3.72. The Labute approximate surface area is 109 Å². The standard InChI is InChI=1S/C15H23NO2/c1-17-12-15(9-5-6-10-16-15)11-13-7-3-4-8-14(13)18-2/h3-4,7-8,16H,5-6,9-12H2,1-2H3. The van der Waals surface area contributed by atoms with Crippen LogP contribution in [-0.4, -0.2) is 32.9 Å². The van der Waals surface area contributed by atoms with Gasteiger partial charge in [0.05, 0.1) is 13.7 Å². The molecular formula is C15H23NO2. The molecule has 100 valence electrons. The molecule has 0 amide bonds. The summed E-state index contributed by atoms with van der Waals surface area (Å²) in [4.78, 5) is 0. The lowest BCUT2D eigenvalue weighted by molar-refractivity contribution is 0.0890. The van der Waals surface area contributed by atoms with Crippen LogP contribution in [0.5, 0.6) is 5.75 Å². The van der Waals surface area contributed by atoms with E-state index in [4.69, 9.17) is 9.47 Å². The molecule has 3 nitrogen and oxygen atoms in total.